The van der Waals surface area contributed by atoms with Crippen LogP contribution in [0, 0.1) is 11.8 Å². The minimum atomic E-state index is -1.30. The first-order valence-corrected chi connectivity index (χ1v) is 22.1. The molecule has 0 spiro atoms. The molecular weight excluding hydrogens is 900 g/mol. The molecule has 17 nitrogen and oxygen atoms in total. The number of carbonyl (C=O) groups is 8. The number of hydrogen-bond acceptors (Lipinski definition) is 13. The molecule has 0 unspecified atom stereocenters. The van der Waals surface area contributed by atoms with Crippen LogP contribution in [0.1, 0.15) is 86.5 Å². The molecule has 0 bridgehead atoms. The first-order valence-electron chi connectivity index (χ1n) is 19.7. The summed E-state index contributed by atoms with van der Waals surface area (Å²) in [5, 5.41) is 35.2. The summed E-state index contributed by atoms with van der Waals surface area (Å²) >= 11 is 13.8. The van der Waals surface area contributed by atoms with Gasteiger partial charge in [0, 0.05) is 26.3 Å². The number of aliphatic hydroxyl groups is 2. The van der Waals surface area contributed by atoms with E-state index >= 15 is 0 Å². The van der Waals surface area contributed by atoms with E-state index in [2.05, 4.69) is 16.0 Å². The Morgan fingerprint density at radius 3 is 1.48 bits per heavy atom. The summed E-state index contributed by atoms with van der Waals surface area (Å²) in [4.78, 5) is 102. The first kappa shape index (κ1) is 47.0. The minimum Gasteiger partial charge on any atom is -0.480 e. The lowest BCUT2D eigenvalue weighted by atomic mass is 9.98. The number of imide groups is 2. The van der Waals surface area contributed by atoms with E-state index in [0.29, 0.717) is 61.8 Å². The molecule has 7 amide bonds. The van der Waals surface area contributed by atoms with Gasteiger partial charge in [-0.15, -0.1) is 22.7 Å². The summed E-state index contributed by atoms with van der Waals surface area (Å²) in [6, 6.07) is 15.3. The topological polar surface area (TPSA) is 243 Å². The number of amides is 7. The number of rotatable bonds is 10. The Bertz CT molecular complexity index is 2430. The molecule has 2 aromatic heterocycles. The van der Waals surface area contributed by atoms with Gasteiger partial charge in [0.1, 0.15) is 13.1 Å². The molecule has 8 rings (SSSR count). The highest BCUT2D eigenvalue weighted by Gasteiger charge is 2.41. The van der Waals surface area contributed by atoms with Gasteiger partial charge in [0.2, 0.25) is 5.91 Å². The molecule has 332 valence electrons. The molecule has 4 aromatic rings. The number of aliphatic hydroxyl groups excluding tert-OH is 2. The van der Waals surface area contributed by atoms with Crippen LogP contribution in [0.25, 0.3) is 0 Å². The molecular formula is C42H42Cl2N6O11S2. The van der Waals surface area contributed by atoms with Crippen LogP contribution in [0.2, 0.25) is 8.67 Å². The minimum absolute atomic E-state index is 0.0141. The smallest absolute Gasteiger partial charge is 0.323 e. The SMILES string of the molecule is O=C(Nc1cccc2c1C(=O)N(CC(=O)N1CCC(CO)CC1)C2=O)c1ccc(Cl)s1.O=C(O)CN1C(=O)c2cccc(NC(=O)c3ccc(Cl)s3)c2C1=O.OCC1CCNCC1. The number of piperidine rings is 2. The second-order valence-corrected chi connectivity index (χ2v) is 18.2. The lowest BCUT2D eigenvalue weighted by molar-refractivity contribution is -0.137. The Kier molecular flexibility index (Phi) is 15.8. The van der Waals surface area contributed by atoms with Gasteiger partial charge in [-0.25, -0.2) is 0 Å². The number of likely N-dealkylation sites (tertiary alicyclic amines) is 1. The van der Waals surface area contributed by atoms with Crippen molar-refractivity contribution in [1.82, 2.24) is 20.0 Å². The van der Waals surface area contributed by atoms with E-state index in [1.54, 1.807) is 35.2 Å². The fourth-order valence-corrected chi connectivity index (χ4v) is 9.08. The number of carbonyl (C=O) groups excluding carboxylic acids is 7. The number of fused-ring (bicyclic) bond motifs is 2. The molecule has 0 aliphatic carbocycles. The number of nitrogens with one attached hydrogen (secondary N) is 3. The van der Waals surface area contributed by atoms with Gasteiger partial charge in [-0.2, -0.15) is 0 Å². The van der Waals surface area contributed by atoms with Crippen LogP contribution in [-0.2, 0) is 9.59 Å². The zero-order valence-corrected chi connectivity index (χ0v) is 36.6. The molecule has 21 heteroatoms. The molecule has 4 aliphatic rings. The highest BCUT2D eigenvalue weighted by Crippen LogP contribution is 2.32. The molecule has 2 aromatic carbocycles. The van der Waals surface area contributed by atoms with Crippen molar-refractivity contribution < 1.29 is 53.7 Å². The van der Waals surface area contributed by atoms with Crippen LogP contribution in [0.3, 0.4) is 0 Å². The summed E-state index contributed by atoms with van der Waals surface area (Å²) in [6.07, 6.45) is 3.67. The summed E-state index contributed by atoms with van der Waals surface area (Å²) < 4.78 is 0.903. The van der Waals surface area contributed by atoms with Crippen LogP contribution in [0.4, 0.5) is 11.4 Å². The Labute approximate surface area is 378 Å². The lowest BCUT2D eigenvalue weighted by Gasteiger charge is -2.32. The third-order valence-corrected chi connectivity index (χ3v) is 13.1. The van der Waals surface area contributed by atoms with E-state index in [1.165, 1.54) is 30.3 Å². The van der Waals surface area contributed by atoms with Gasteiger partial charge in [0.05, 0.1) is 52.1 Å². The maximum Gasteiger partial charge on any atom is 0.323 e. The zero-order chi connectivity index (χ0) is 45.4. The van der Waals surface area contributed by atoms with Crippen LogP contribution in [0.15, 0.2) is 60.7 Å². The summed E-state index contributed by atoms with van der Waals surface area (Å²) in [5.74, 6) is -4.40. The van der Waals surface area contributed by atoms with Gasteiger partial charge < -0.3 is 36.2 Å². The number of halogens is 2. The van der Waals surface area contributed by atoms with Crippen molar-refractivity contribution in [3.8, 4) is 0 Å². The molecule has 2 fully saturated rings. The standard InChI is InChI=1S/C21H20ClN3O5S.C15H9ClN2O5S.C6H13NO/c22-16-5-4-15(31-16)19(28)23-14-3-1-2-13-18(14)21(30)25(20(13)29)10-17(27)24-8-6-12(11-26)7-9-24;16-10-5-4-9(24-10)13(21)17-8-3-1-2-7-12(8)15(23)18(14(7)22)6-11(19)20;8-5-6-1-3-7-4-2-6/h1-5,12,26H,6-11H2,(H,23,28);1-5H,6H2,(H,17,21)(H,19,20);6-8H,1-5H2. The molecule has 6 N–H and O–H groups in total. The largest absolute Gasteiger partial charge is 0.480 e. The van der Waals surface area contributed by atoms with Crippen LogP contribution in [0.5, 0.6) is 0 Å². The van der Waals surface area contributed by atoms with E-state index in [-0.39, 0.29) is 58.6 Å². The number of hydrogen-bond donors (Lipinski definition) is 6. The maximum atomic E-state index is 13.0. The highest BCUT2D eigenvalue weighted by atomic mass is 35.5. The number of benzene rings is 2. The van der Waals surface area contributed by atoms with Crippen LogP contribution in [-0.4, -0.2) is 130 Å². The normalized spacial score (nSPS) is 16.2. The molecule has 63 heavy (non-hydrogen) atoms. The molecule has 2 saturated heterocycles. The number of carboxylic acid groups (broad SMARTS) is 1. The van der Waals surface area contributed by atoms with Gasteiger partial charge in [-0.05, 0) is 99.1 Å². The summed E-state index contributed by atoms with van der Waals surface area (Å²) in [7, 11) is 0. The van der Waals surface area contributed by atoms with Gasteiger partial charge >= 0.3 is 5.97 Å². The fraction of sp³-hybridized carbons (Fsp3) is 0.333. The van der Waals surface area contributed by atoms with E-state index in [4.69, 9.17) is 33.4 Å². The van der Waals surface area contributed by atoms with E-state index in [9.17, 15) is 43.5 Å². The highest BCUT2D eigenvalue weighted by molar-refractivity contribution is 7.18. The van der Waals surface area contributed by atoms with Crippen molar-refractivity contribution in [3.63, 3.8) is 0 Å². The van der Waals surface area contributed by atoms with E-state index in [0.717, 1.165) is 53.5 Å². The maximum absolute atomic E-state index is 13.0. The van der Waals surface area contributed by atoms with Crippen molar-refractivity contribution in [2.75, 3.05) is 63.1 Å². The number of aliphatic carboxylic acids is 1. The molecule has 6 heterocycles. The third kappa shape index (κ3) is 11.2. The molecule has 4 aliphatic heterocycles. The van der Waals surface area contributed by atoms with Crippen LogP contribution < -0.4 is 16.0 Å². The second kappa shape index (κ2) is 21.2. The van der Waals surface area contributed by atoms with Gasteiger partial charge in [-0.3, -0.25) is 48.2 Å². The van der Waals surface area contributed by atoms with Crippen LogP contribution >= 0.6 is 45.9 Å². The predicted molar refractivity (Wildman–Crippen MR) is 235 cm³/mol. The van der Waals surface area contributed by atoms with Crippen molar-refractivity contribution >= 4 is 105 Å². The van der Waals surface area contributed by atoms with Crippen molar-refractivity contribution in [3.05, 3.63) is 101 Å². The monoisotopic (exact) mass is 940 g/mol. The van der Waals surface area contributed by atoms with Gasteiger partial charge in [0.15, 0.2) is 0 Å². The van der Waals surface area contributed by atoms with E-state index < -0.39 is 48.0 Å². The van der Waals surface area contributed by atoms with Crippen molar-refractivity contribution in [2.45, 2.75) is 25.7 Å². The molecule has 0 saturated carbocycles. The quantitative estimate of drug-likeness (QED) is 0.118. The Balaban J connectivity index is 0.000000182. The average Bonchev–Trinajstić information content (AvgIpc) is 4.04. The first-order chi connectivity index (χ1) is 30.2. The Morgan fingerprint density at radius 1 is 0.635 bits per heavy atom. The number of thiophene rings is 2. The fourth-order valence-electron chi connectivity index (χ4n) is 7.20. The average molecular weight is 942 g/mol. The Morgan fingerprint density at radius 2 is 1.08 bits per heavy atom. The summed E-state index contributed by atoms with van der Waals surface area (Å²) in [6.45, 7) is 2.52. The Hall–Kier alpha value is -5.54. The van der Waals surface area contributed by atoms with Crippen molar-refractivity contribution in [2.24, 2.45) is 11.8 Å². The number of nitrogens with zero attached hydrogens (tertiary/aromatic N) is 3. The number of carboxylic acids is 1. The zero-order valence-electron chi connectivity index (χ0n) is 33.4. The number of anilines is 2. The van der Waals surface area contributed by atoms with Gasteiger partial charge in [-0.1, -0.05) is 35.3 Å². The van der Waals surface area contributed by atoms with E-state index in [1.807, 2.05) is 0 Å². The molecule has 0 radical (unpaired) electrons. The summed E-state index contributed by atoms with van der Waals surface area (Å²) in [5.41, 5.74) is 0.634. The molecule has 0 atom stereocenters. The second-order valence-electron chi connectivity index (χ2n) is 14.7. The third-order valence-electron chi connectivity index (χ3n) is 10.6. The predicted octanol–water partition coefficient (Wildman–Crippen LogP) is 4.79. The lowest BCUT2D eigenvalue weighted by Crippen LogP contribution is -2.46. The van der Waals surface area contributed by atoms with Gasteiger partial charge in [0.25, 0.3) is 35.4 Å². The van der Waals surface area contributed by atoms with Crippen molar-refractivity contribution in [1.29, 1.82) is 0 Å².